The van der Waals surface area contributed by atoms with E-state index >= 15 is 0 Å². The standard InChI is InChI=1S/C15H18BrN3O2S/c1-11-8-13(16)10-18-15(11)17-9-12-4-6-14(7-5-12)22(20,21)19(2)3/h4-8,10H,9H2,1-3H3,(H,17,18). The molecule has 5 nitrogen and oxygen atoms in total. The van der Waals surface area contributed by atoms with Crippen LogP contribution in [-0.4, -0.2) is 31.8 Å². The van der Waals surface area contributed by atoms with E-state index in [1.54, 1.807) is 30.5 Å². The van der Waals surface area contributed by atoms with E-state index in [0.717, 1.165) is 21.4 Å². The number of aryl methyl sites for hydroxylation is 1. The highest BCUT2D eigenvalue weighted by Gasteiger charge is 2.16. The molecule has 2 aromatic rings. The number of halogens is 1. The molecule has 0 aliphatic carbocycles. The molecule has 0 spiro atoms. The largest absolute Gasteiger partial charge is 0.366 e. The quantitative estimate of drug-likeness (QED) is 0.861. The Bertz CT molecular complexity index is 759. The van der Waals surface area contributed by atoms with Gasteiger partial charge in [0.15, 0.2) is 0 Å². The van der Waals surface area contributed by atoms with E-state index in [0.29, 0.717) is 11.4 Å². The summed E-state index contributed by atoms with van der Waals surface area (Å²) in [5.41, 5.74) is 2.03. The van der Waals surface area contributed by atoms with E-state index in [-0.39, 0.29) is 0 Å². The van der Waals surface area contributed by atoms with Crippen LogP contribution in [0.1, 0.15) is 11.1 Å². The minimum atomic E-state index is -3.38. The predicted molar refractivity (Wildman–Crippen MR) is 91.3 cm³/mol. The lowest BCUT2D eigenvalue weighted by Crippen LogP contribution is -2.22. The molecule has 0 saturated heterocycles. The summed E-state index contributed by atoms with van der Waals surface area (Å²) in [4.78, 5) is 4.60. The molecule has 0 amide bonds. The monoisotopic (exact) mass is 383 g/mol. The van der Waals surface area contributed by atoms with E-state index < -0.39 is 10.0 Å². The Labute approximate surface area is 139 Å². The lowest BCUT2D eigenvalue weighted by atomic mass is 10.2. The van der Waals surface area contributed by atoms with Crippen molar-refractivity contribution in [3.63, 3.8) is 0 Å². The molecule has 0 saturated carbocycles. The third kappa shape index (κ3) is 3.85. The van der Waals surface area contributed by atoms with Crippen molar-refractivity contribution in [2.75, 3.05) is 19.4 Å². The molecular formula is C15H18BrN3O2S. The third-order valence-corrected chi connectivity index (χ3v) is 5.47. The van der Waals surface area contributed by atoms with Gasteiger partial charge in [0, 0.05) is 31.3 Å². The number of aromatic nitrogens is 1. The molecule has 0 aliphatic heterocycles. The van der Waals surface area contributed by atoms with Crippen molar-refractivity contribution in [2.24, 2.45) is 0 Å². The van der Waals surface area contributed by atoms with Gasteiger partial charge in [-0.25, -0.2) is 17.7 Å². The molecule has 0 radical (unpaired) electrons. The van der Waals surface area contributed by atoms with Gasteiger partial charge in [-0.05, 0) is 52.2 Å². The highest BCUT2D eigenvalue weighted by Crippen LogP contribution is 2.18. The van der Waals surface area contributed by atoms with Crippen LogP contribution < -0.4 is 5.32 Å². The number of rotatable bonds is 5. The Kier molecular flexibility index (Phi) is 5.20. The van der Waals surface area contributed by atoms with Crippen molar-refractivity contribution in [2.45, 2.75) is 18.4 Å². The Hall–Kier alpha value is -1.44. The van der Waals surface area contributed by atoms with Crippen LogP contribution in [0, 0.1) is 6.92 Å². The lowest BCUT2D eigenvalue weighted by molar-refractivity contribution is 0.520. The average molecular weight is 384 g/mol. The maximum Gasteiger partial charge on any atom is 0.242 e. The van der Waals surface area contributed by atoms with Crippen LogP contribution in [0.2, 0.25) is 0 Å². The molecule has 2 rings (SSSR count). The molecule has 0 atom stereocenters. The molecule has 118 valence electrons. The zero-order chi connectivity index (χ0) is 16.3. The summed E-state index contributed by atoms with van der Waals surface area (Å²) >= 11 is 3.38. The molecule has 1 aromatic heterocycles. The predicted octanol–water partition coefficient (Wildman–Crippen LogP) is 3.01. The molecule has 1 heterocycles. The van der Waals surface area contributed by atoms with Gasteiger partial charge in [-0.15, -0.1) is 0 Å². The summed E-state index contributed by atoms with van der Waals surface area (Å²) in [6, 6.07) is 8.83. The van der Waals surface area contributed by atoms with E-state index in [2.05, 4.69) is 26.2 Å². The number of sulfonamides is 1. The van der Waals surface area contributed by atoms with Crippen molar-refractivity contribution in [3.05, 3.63) is 52.1 Å². The second-order valence-electron chi connectivity index (χ2n) is 5.10. The van der Waals surface area contributed by atoms with Crippen LogP contribution in [0.15, 0.2) is 45.9 Å². The molecule has 0 aliphatic rings. The summed E-state index contributed by atoms with van der Waals surface area (Å²) in [6.45, 7) is 2.56. The first-order valence-corrected chi connectivity index (χ1v) is 8.91. The maximum absolute atomic E-state index is 12.0. The second-order valence-corrected chi connectivity index (χ2v) is 8.17. The first-order valence-electron chi connectivity index (χ1n) is 6.68. The van der Waals surface area contributed by atoms with Crippen LogP contribution >= 0.6 is 15.9 Å². The normalized spacial score (nSPS) is 11.7. The minimum Gasteiger partial charge on any atom is -0.366 e. The van der Waals surface area contributed by atoms with E-state index in [1.807, 2.05) is 13.0 Å². The lowest BCUT2D eigenvalue weighted by Gasteiger charge is -2.12. The molecule has 7 heteroatoms. The van der Waals surface area contributed by atoms with E-state index in [1.165, 1.54) is 18.4 Å². The molecule has 0 fully saturated rings. The number of anilines is 1. The summed E-state index contributed by atoms with van der Waals surface area (Å²) in [5, 5.41) is 3.25. The van der Waals surface area contributed by atoms with Gasteiger partial charge in [0.25, 0.3) is 0 Å². The van der Waals surface area contributed by atoms with E-state index in [9.17, 15) is 8.42 Å². The van der Waals surface area contributed by atoms with Crippen LogP contribution in [-0.2, 0) is 16.6 Å². The molecular weight excluding hydrogens is 366 g/mol. The van der Waals surface area contributed by atoms with Crippen molar-refractivity contribution < 1.29 is 8.42 Å². The summed E-state index contributed by atoms with van der Waals surface area (Å²) in [6.07, 6.45) is 1.74. The molecule has 1 N–H and O–H groups in total. The van der Waals surface area contributed by atoms with Crippen LogP contribution in [0.4, 0.5) is 5.82 Å². The van der Waals surface area contributed by atoms with Gasteiger partial charge < -0.3 is 5.32 Å². The first-order chi connectivity index (χ1) is 10.3. The van der Waals surface area contributed by atoms with Gasteiger partial charge in [0.2, 0.25) is 10.0 Å². The van der Waals surface area contributed by atoms with E-state index in [4.69, 9.17) is 0 Å². The number of nitrogens with one attached hydrogen (secondary N) is 1. The van der Waals surface area contributed by atoms with Crippen molar-refractivity contribution in [1.29, 1.82) is 0 Å². The Balaban J connectivity index is 2.09. The Morgan fingerprint density at radius 1 is 1.23 bits per heavy atom. The molecule has 0 bridgehead atoms. The van der Waals surface area contributed by atoms with Gasteiger partial charge in [0.1, 0.15) is 5.82 Å². The number of hydrogen-bond acceptors (Lipinski definition) is 4. The van der Waals surface area contributed by atoms with Crippen LogP contribution in [0.25, 0.3) is 0 Å². The second kappa shape index (κ2) is 6.76. The average Bonchev–Trinajstić information content (AvgIpc) is 2.46. The third-order valence-electron chi connectivity index (χ3n) is 3.21. The van der Waals surface area contributed by atoms with Gasteiger partial charge in [-0.3, -0.25) is 0 Å². The Morgan fingerprint density at radius 3 is 2.41 bits per heavy atom. The first kappa shape index (κ1) is 16.9. The highest BCUT2D eigenvalue weighted by molar-refractivity contribution is 9.10. The van der Waals surface area contributed by atoms with Crippen molar-refractivity contribution in [3.8, 4) is 0 Å². The number of pyridine rings is 1. The molecule has 0 unspecified atom stereocenters. The molecule has 1 aromatic carbocycles. The zero-order valence-electron chi connectivity index (χ0n) is 12.7. The Morgan fingerprint density at radius 2 is 1.86 bits per heavy atom. The van der Waals surface area contributed by atoms with Crippen molar-refractivity contribution >= 4 is 31.8 Å². The van der Waals surface area contributed by atoms with Gasteiger partial charge in [0.05, 0.1) is 4.90 Å². The fourth-order valence-corrected chi connectivity index (χ4v) is 3.25. The summed E-state index contributed by atoms with van der Waals surface area (Å²) in [5.74, 6) is 0.813. The SMILES string of the molecule is Cc1cc(Br)cnc1NCc1ccc(S(=O)(=O)N(C)C)cc1. The summed E-state index contributed by atoms with van der Waals surface area (Å²) < 4.78 is 26.1. The van der Waals surface area contributed by atoms with Gasteiger partial charge in [-0.2, -0.15) is 0 Å². The fraction of sp³-hybridized carbons (Fsp3) is 0.267. The van der Waals surface area contributed by atoms with Crippen LogP contribution in [0.5, 0.6) is 0 Å². The van der Waals surface area contributed by atoms with Gasteiger partial charge >= 0.3 is 0 Å². The number of benzene rings is 1. The highest BCUT2D eigenvalue weighted by atomic mass is 79.9. The van der Waals surface area contributed by atoms with Crippen LogP contribution in [0.3, 0.4) is 0 Å². The maximum atomic E-state index is 12.0. The minimum absolute atomic E-state index is 0.291. The fourth-order valence-electron chi connectivity index (χ4n) is 1.90. The topological polar surface area (TPSA) is 62.3 Å². The number of nitrogens with zero attached hydrogens (tertiary/aromatic N) is 2. The molecule has 22 heavy (non-hydrogen) atoms. The zero-order valence-corrected chi connectivity index (χ0v) is 15.1. The summed E-state index contributed by atoms with van der Waals surface area (Å²) in [7, 11) is -0.336. The number of hydrogen-bond donors (Lipinski definition) is 1. The van der Waals surface area contributed by atoms with Gasteiger partial charge in [-0.1, -0.05) is 12.1 Å². The smallest absolute Gasteiger partial charge is 0.242 e. The van der Waals surface area contributed by atoms with Crippen molar-refractivity contribution in [1.82, 2.24) is 9.29 Å².